The lowest BCUT2D eigenvalue weighted by Gasteiger charge is -2.27. The van der Waals surface area contributed by atoms with Crippen molar-refractivity contribution in [2.45, 2.75) is 43.7 Å². The van der Waals surface area contributed by atoms with Crippen molar-refractivity contribution in [2.24, 2.45) is 0 Å². The molecule has 1 aromatic rings. The topological polar surface area (TPSA) is 52.6 Å². The lowest BCUT2D eigenvalue weighted by atomic mass is 10.0. The van der Waals surface area contributed by atoms with Crippen LogP contribution < -0.4 is 5.32 Å². The average molecular weight is 274 g/mol. The number of nitrogens with zero attached hydrogens (tertiary/aromatic N) is 1. The molecule has 4 nitrogen and oxygen atoms in total. The highest BCUT2D eigenvalue weighted by molar-refractivity contribution is 5.85. The van der Waals surface area contributed by atoms with Crippen LogP contribution in [0.5, 0.6) is 0 Å². The highest BCUT2D eigenvalue weighted by Gasteiger charge is 2.43. The van der Waals surface area contributed by atoms with Gasteiger partial charge in [-0.25, -0.2) is 0 Å². The van der Waals surface area contributed by atoms with Crippen LogP contribution in [0.2, 0.25) is 0 Å². The van der Waals surface area contributed by atoms with E-state index in [1.165, 1.54) is 0 Å². The normalized spacial score (nSPS) is 24.9. The van der Waals surface area contributed by atoms with Crippen molar-refractivity contribution < 1.29 is 9.90 Å². The summed E-state index contributed by atoms with van der Waals surface area (Å²) >= 11 is 0. The first-order valence-electron chi connectivity index (χ1n) is 7.51. The monoisotopic (exact) mass is 274 g/mol. The molecule has 108 valence electrons. The van der Waals surface area contributed by atoms with Crippen LogP contribution in [-0.4, -0.2) is 40.6 Å². The Morgan fingerprint density at radius 2 is 1.95 bits per heavy atom. The molecule has 20 heavy (non-hydrogen) atoms. The van der Waals surface area contributed by atoms with E-state index in [1.807, 2.05) is 35.2 Å². The van der Waals surface area contributed by atoms with Crippen molar-refractivity contribution in [1.29, 1.82) is 0 Å². The van der Waals surface area contributed by atoms with Gasteiger partial charge in [0.2, 0.25) is 0 Å². The number of nitrogens with one attached hydrogen (secondary N) is 1. The zero-order valence-corrected chi connectivity index (χ0v) is 11.7. The Kier molecular flexibility index (Phi) is 3.66. The van der Waals surface area contributed by atoms with Crippen LogP contribution in [0.1, 0.15) is 32.1 Å². The quantitative estimate of drug-likeness (QED) is 0.886. The predicted molar refractivity (Wildman–Crippen MR) is 78.5 cm³/mol. The fourth-order valence-corrected chi connectivity index (χ4v) is 3.30. The van der Waals surface area contributed by atoms with Crippen molar-refractivity contribution in [2.75, 3.05) is 18.4 Å². The Bertz CT molecular complexity index is 469. The van der Waals surface area contributed by atoms with Crippen molar-refractivity contribution >= 4 is 11.6 Å². The van der Waals surface area contributed by atoms with Gasteiger partial charge in [0, 0.05) is 24.8 Å². The van der Waals surface area contributed by atoms with E-state index in [0.29, 0.717) is 19.4 Å². The molecule has 1 saturated carbocycles. The molecule has 0 bridgehead atoms. The molecule has 0 spiro atoms. The molecule has 1 saturated heterocycles. The molecule has 1 aliphatic heterocycles. The third-order valence-electron chi connectivity index (χ3n) is 4.45. The van der Waals surface area contributed by atoms with Crippen LogP contribution >= 0.6 is 0 Å². The summed E-state index contributed by atoms with van der Waals surface area (Å²) in [5.74, 6) is -0.0626. The van der Waals surface area contributed by atoms with E-state index in [-0.39, 0.29) is 11.9 Å². The van der Waals surface area contributed by atoms with Gasteiger partial charge in [-0.2, -0.15) is 0 Å². The summed E-state index contributed by atoms with van der Waals surface area (Å²) in [4.78, 5) is 14.2. The zero-order chi connectivity index (χ0) is 14.0. The van der Waals surface area contributed by atoms with Gasteiger partial charge >= 0.3 is 0 Å². The number of aliphatic hydroxyl groups is 1. The van der Waals surface area contributed by atoms with Gasteiger partial charge in [-0.05, 0) is 44.2 Å². The molecule has 2 aliphatic rings. The van der Waals surface area contributed by atoms with E-state index in [0.717, 1.165) is 31.5 Å². The average Bonchev–Trinajstić information content (AvgIpc) is 3.09. The van der Waals surface area contributed by atoms with Gasteiger partial charge in [-0.3, -0.25) is 4.79 Å². The number of carbonyl (C=O) groups is 1. The molecule has 1 aliphatic carbocycles. The van der Waals surface area contributed by atoms with E-state index in [2.05, 4.69) is 5.32 Å². The van der Waals surface area contributed by atoms with Crippen molar-refractivity contribution in [3.05, 3.63) is 30.3 Å². The number of benzene rings is 1. The van der Waals surface area contributed by atoms with E-state index in [9.17, 15) is 9.90 Å². The molecule has 4 heteroatoms. The second-order valence-corrected chi connectivity index (χ2v) is 5.99. The molecule has 1 atom stereocenters. The van der Waals surface area contributed by atoms with Gasteiger partial charge in [0.25, 0.3) is 5.91 Å². The van der Waals surface area contributed by atoms with Gasteiger partial charge in [-0.1, -0.05) is 18.2 Å². The number of rotatable bonds is 3. The van der Waals surface area contributed by atoms with Crippen LogP contribution in [0, 0.1) is 0 Å². The molecule has 0 radical (unpaired) electrons. The Balaban J connectivity index is 1.58. The maximum atomic E-state index is 12.4. The molecule has 1 aromatic carbocycles. The van der Waals surface area contributed by atoms with Crippen molar-refractivity contribution in [1.82, 2.24) is 4.90 Å². The summed E-state index contributed by atoms with van der Waals surface area (Å²) in [7, 11) is 0. The van der Waals surface area contributed by atoms with Gasteiger partial charge in [0.1, 0.15) is 5.60 Å². The van der Waals surface area contributed by atoms with E-state index >= 15 is 0 Å². The fourth-order valence-electron chi connectivity index (χ4n) is 3.30. The number of hydrogen-bond acceptors (Lipinski definition) is 3. The van der Waals surface area contributed by atoms with Crippen molar-refractivity contribution in [3.8, 4) is 0 Å². The molecule has 1 amide bonds. The Morgan fingerprint density at radius 1 is 1.25 bits per heavy atom. The highest BCUT2D eigenvalue weighted by atomic mass is 16.3. The highest BCUT2D eigenvalue weighted by Crippen LogP contribution is 2.32. The van der Waals surface area contributed by atoms with Gasteiger partial charge in [0.05, 0.1) is 0 Å². The summed E-state index contributed by atoms with van der Waals surface area (Å²) < 4.78 is 0. The Labute approximate surface area is 119 Å². The van der Waals surface area contributed by atoms with Crippen LogP contribution in [0.15, 0.2) is 30.3 Å². The molecule has 2 N–H and O–H groups in total. The van der Waals surface area contributed by atoms with Crippen LogP contribution in [-0.2, 0) is 4.79 Å². The molecule has 0 aromatic heterocycles. The number of para-hydroxylation sites is 1. The SMILES string of the molecule is O=C(N1CCC(Nc2ccccc2)C1)C1(O)CCCC1. The zero-order valence-electron chi connectivity index (χ0n) is 11.7. The van der Waals surface area contributed by atoms with Crippen molar-refractivity contribution in [3.63, 3.8) is 0 Å². The van der Waals surface area contributed by atoms with Crippen LogP contribution in [0.4, 0.5) is 5.69 Å². The van der Waals surface area contributed by atoms with Gasteiger partial charge in [-0.15, -0.1) is 0 Å². The molecular formula is C16H22N2O2. The minimum Gasteiger partial charge on any atom is -0.380 e. The van der Waals surface area contributed by atoms with E-state index in [1.54, 1.807) is 0 Å². The number of anilines is 1. The summed E-state index contributed by atoms with van der Waals surface area (Å²) in [5, 5.41) is 13.8. The minimum absolute atomic E-state index is 0.0626. The molecular weight excluding hydrogens is 252 g/mol. The molecule has 3 rings (SSSR count). The fraction of sp³-hybridized carbons (Fsp3) is 0.562. The standard InChI is InChI=1S/C16H22N2O2/c19-15(16(20)9-4-5-10-16)18-11-8-14(12-18)17-13-6-2-1-3-7-13/h1-3,6-7,14,17,20H,4-5,8-12H2. The number of amides is 1. The van der Waals surface area contributed by atoms with Crippen LogP contribution in [0.3, 0.4) is 0 Å². The third-order valence-corrected chi connectivity index (χ3v) is 4.45. The summed E-state index contributed by atoms with van der Waals surface area (Å²) in [6, 6.07) is 10.4. The second-order valence-electron chi connectivity index (χ2n) is 5.99. The van der Waals surface area contributed by atoms with E-state index in [4.69, 9.17) is 0 Å². The first kappa shape index (κ1) is 13.4. The lowest BCUT2D eigenvalue weighted by Crippen LogP contribution is -2.47. The number of hydrogen-bond donors (Lipinski definition) is 2. The summed E-state index contributed by atoms with van der Waals surface area (Å²) in [6.07, 6.45) is 4.11. The Morgan fingerprint density at radius 3 is 2.65 bits per heavy atom. The number of likely N-dealkylation sites (tertiary alicyclic amines) is 1. The van der Waals surface area contributed by atoms with Gasteiger partial charge in [0.15, 0.2) is 0 Å². The smallest absolute Gasteiger partial charge is 0.254 e. The summed E-state index contributed by atoms with van der Waals surface area (Å²) in [5.41, 5.74) is 0.00753. The number of carbonyl (C=O) groups excluding carboxylic acids is 1. The molecule has 1 unspecified atom stereocenters. The largest absolute Gasteiger partial charge is 0.380 e. The molecule has 2 fully saturated rings. The molecule has 1 heterocycles. The van der Waals surface area contributed by atoms with Gasteiger partial charge < -0.3 is 15.3 Å². The Hall–Kier alpha value is -1.55. The third kappa shape index (κ3) is 2.66. The second kappa shape index (κ2) is 5.44. The maximum absolute atomic E-state index is 12.4. The minimum atomic E-state index is -1.08. The predicted octanol–water partition coefficient (Wildman–Crippen LogP) is 2.00. The maximum Gasteiger partial charge on any atom is 0.254 e. The lowest BCUT2D eigenvalue weighted by molar-refractivity contribution is -0.149. The first-order valence-corrected chi connectivity index (χ1v) is 7.51. The first-order chi connectivity index (χ1) is 9.67. The summed E-state index contributed by atoms with van der Waals surface area (Å²) in [6.45, 7) is 1.43. The van der Waals surface area contributed by atoms with E-state index < -0.39 is 5.60 Å². The van der Waals surface area contributed by atoms with Crippen LogP contribution in [0.25, 0.3) is 0 Å².